The fourth-order valence-corrected chi connectivity index (χ4v) is 4.14. The molecule has 4 nitrogen and oxygen atoms in total. The number of hydrogen-bond donors (Lipinski definition) is 0. The molecule has 1 atom stereocenters. The highest BCUT2D eigenvalue weighted by Gasteiger charge is 2.24. The van der Waals surface area contributed by atoms with Crippen LogP contribution in [0.3, 0.4) is 0 Å². The Balaban J connectivity index is 2.58. The van der Waals surface area contributed by atoms with Crippen LogP contribution >= 0.6 is 0 Å². The van der Waals surface area contributed by atoms with Gasteiger partial charge in [0.05, 0.1) is 11.0 Å². The van der Waals surface area contributed by atoms with Crippen molar-refractivity contribution < 1.29 is 9.35 Å². The van der Waals surface area contributed by atoms with Crippen LogP contribution in [0.25, 0.3) is 0 Å². The molecule has 0 bridgehead atoms. The first kappa shape index (κ1) is 23.6. The van der Waals surface area contributed by atoms with Crippen LogP contribution in [0, 0.1) is 10.1 Å². The molecule has 0 radical (unpaired) electrons. The van der Waals surface area contributed by atoms with Crippen LogP contribution in [0.1, 0.15) is 76.4 Å². The van der Waals surface area contributed by atoms with Crippen molar-refractivity contribution in [2.75, 3.05) is 0 Å². The molecule has 152 valence electrons. The SMILES string of the molecule is C=C(CCCCCCCCCC)C(O[Si](C)(C)C)c1ccc([N+](=O)[O-])cc1. The summed E-state index contributed by atoms with van der Waals surface area (Å²) in [7, 11) is -1.77. The highest BCUT2D eigenvalue weighted by molar-refractivity contribution is 6.69. The molecule has 0 fully saturated rings. The summed E-state index contributed by atoms with van der Waals surface area (Å²) in [6, 6.07) is 6.72. The second-order valence-electron chi connectivity index (χ2n) is 8.34. The Labute approximate surface area is 166 Å². The van der Waals surface area contributed by atoms with Gasteiger partial charge in [0.25, 0.3) is 5.69 Å². The van der Waals surface area contributed by atoms with Crippen LogP contribution < -0.4 is 0 Å². The molecule has 1 aromatic rings. The van der Waals surface area contributed by atoms with E-state index in [1.807, 2.05) is 12.1 Å². The number of non-ortho nitro benzene ring substituents is 1. The monoisotopic (exact) mass is 391 g/mol. The molecule has 0 saturated heterocycles. The van der Waals surface area contributed by atoms with Crippen molar-refractivity contribution in [3.8, 4) is 0 Å². The zero-order chi connectivity index (χ0) is 20.3. The van der Waals surface area contributed by atoms with E-state index in [1.54, 1.807) is 12.1 Å². The van der Waals surface area contributed by atoms with E-state index in [1.165, 1.54) is 44.9 Å². The van der Waals surface area contributed by atoms with Crippen LogP contribution in [0.2, 0.25) is 19.6 Å². The van der Waals surface area contributed by atoms with E-state index in [4.69, 9.17) is 4.43 Å². The second-order valence-corrected chi connectivity index (χ2v) is 12.8. The van der Waals surface area contributed by atoms with Crippen molar-refractivity contribution in [2.24, 2.45) is 0 Å². The molecule has 27 heavy (non-hydrogen) atoms. The van der Waals surface area contributed by atoms with Crippen LogP contribution in [-0.2, 0) is 4.43 Å². The molecule has 0 N–H and O–H groups in total. The van der Waals surface area contributed by atoms with Crippen molar-refractivity contribution in [2.45, 2.75) is 90.5 Å². The van der Waals surface area contributed by atoms with Gasteiger partial charge in [0.2, 0.25) is 0 Å². The topological polar surface area (TPSA) is 52.4 Å². The van der Waals surface area contributed by atoms with E-state index in [0.717, 1.165) is 24.0 Å². The average molecular weight is 392 g/mol. The van der Waals surface area contributed by atoms with Crippen LogP contribution in [0.15, 0.2) is 36.4 Å². The van der Waals surface area contributed by atoms with Crippen molar-refractivity contribution >= 4 is 14.0 Å². The standard InChI is InChI=1S/C22H37NO3Si/c1-6-7-8-9-10-11-12-13-14-19(2)22(26-27(3,4)5)20-15-17-21(18-16-20)23(24)25/h15-18,22H,2,6-14H2,1,3-5H3. The van der Waals surface area contributed by atoms with Gasteiger partial charge in [0.1, 0.15) is 0 Å². The molecular weight excluding hydrogens is 354 g/mol. The summed E-state index contributed by atoms with van der Waals surface area (Å²) < 4.78 is 6.38. The Morgan fingerprint density at radius 2 is 1.56 bits per heavy atom. The molecular formula is C22H37NO3Si. The van der Waals surface area contributed by atoms with Crippen molar-refractivity contribution in [1.29, 1.82) is 0 Å². The van der Waals surface area contributed by atoms with E-state index in [0.29, 0.717) is 0 Å². The third kappa shape index (κ3) is 9.87. The summed E-state index contributed by atoms with van der Waals surface area (Å²) in [4.78, 5) is 10.5. The molecule has 0 aromatic heterocycles. The number of benzene rings is 1. The minimum atomic E-state index is -1.77. The number of nitro benzene ring substituents is 1. The number of rotatable bonds is 14. The maximum absolute atomic E-state index is 10.9. The molecule has 0 amide bonds. The lowest BCUT2D eigenvalue weighted by Gasteiger charge is -2.28. The lowest BCUT2D eigenvalue weighted by Crippen LogP contribution is -2.28. The average Bonchev–Trinajstić information content (AvgIpc) is 2.61. The van der Waals surface area contributed by atoms with Crippen LogP contribution in [0.5, 0.6) is 0 Å². The largest absolute Gasteiger partial charge is 0.407 e. The van der Waals surface area contributed by atoms with Crippen LogP contribution in [-0.4, -0.2) is 13.2 Å². The molecule has 0 heterocycles. The molecule has 0 spiro atoms. The van der Waals surface area contributed by atoms with Gasteiger partial charge in [-0.15, -0.1) is 0 Å². The van der Waals surface area contributed by atoms with Crippen molar-refractivity contribution in [1.82, 2.24) is 0 Å². The van der Waals surface area contributed by atoms with E-state index in [9.17, 15) is 10.1 Å². The normalized spacial score (nSPS) is 12.7. The Kier molecular flexibility index (Phi) is 10.6. The molecule has 1 aromatic carbocycles. The highest BCUT2D eigenvalue weighted by Crippen LogP contribution is 2.32. The summed E-state index contributed by atoms with van der Waals surface area (Å²) in [5.74, 6) is 0. The van der Waals surface area contributed by atoms with Gasteiger partial charge in [0.15, 0.2) is 8.32 Å². The minimum Gasteiger partial charge on any atom is -0.407 e. The predicted molar refractivity (Wildman–Crippen MR) is 117 cm³/mol. The number of nitrogens with zero attached hydrogens (tertiary/aromatic N) is 1. The summed E-state index contributed by atoms with van der Waals surface area (Å²) in [6.07, 6.45) is 11.1. The Hall–Kier alpha value is -1.46. The molecule has 0 aliphatic rings. The summed E-state index contributed by atoms with van der Waals surface area (Å²) in [6.45, 7) is 13.0. The highest BCUT2D eigenvalue weighted by atomic mass is 28.4. The molecule has 1 rings (SSSR count). The van der Waals surface area contributed by atoms with Gasteiger partial charge >= 0.3 is 0 Å². The van der Waals surface area contributed by atoms with E-state index >= 15 is 0 Å². The zero-order valence-corrected chi connectivity index (χ0v) is 18.6. The second kappa shape index (κ2) is 12.1. The number of unbranched alkanes of at least 4 members (excludes halogenated alkanes) is 7. The summed E-state index contributed by atoms with van der Waals surface area (Å²) >= 11 is 0. The summed E-state index contributed by atoms with van der Waals surface area (Å²) in [5, 5.41) is 10.9. The van der Waals surface area contributed by atoms with Gasteiger partial charge in [-0.2, -0.15) is 0 Å². The molecule has 0 saturated carbocycles. The Morgan fingerprint density at radius 1 is 1.04 bits per heavy atom. The van der Waals surface area contributed by atoms with Gasteiger partial charge in [-0.25, -0.2) is 0 Å². The fourth-order valence-electron chi connectivity index (χ4n) is 3.13. The lowest BCUT2D eigenvalue weighted by atomic mass is 9.97. The zero-order valence-electron chi connectivity index (χ0n) is 17.6. The Morgan fingerprint density at radius 3 is 2.04 bits per heavy atom. The maximum Gasteiger partial charge on any atom is 0.269 e. The Bertz CT molecular complexity index is 578. The number of nitro groups is 1. The van der Waals surface area contributed by atoms with Gasteiger partial charge in [-0.1, -0.05) is 58.4 Å². The third-order valence-corrected chi connectivity index (χ3v) is 5.54. The van der Waals surface area contributed by atoms with Gasteiger partial charge in [-0.05, 0) is 55.8 Å². The minimum absolute atomic E-state index is 0.110. The molecule has 0 aliphatic heterocycles. The molecule has 1 unspecified atom stereocenters. The number of hydrogen-bond acceptors (Lipinski definition) is 3. The lowest BCUT2D eigenvalue weighted by molar-refractivity contribution is -0.384. The van der Waals surface area contributed by atoms with E-state index in [2.05, 4.69) is 33.1 Å². The van der Waals surface area contributed by atoms with Crippen LogP contribution in [0.4, 0.5) is 5.69 Å². The van der Waals surface area contributed by atoms with Crippen molar-refractivity contribution in [3.05, 3.63) is 52.1 Å². The van der Waals surface area contributed by atoms with Gasteiger partial charge < -0.3 is 4.43 Å². The molecule has 0 aliphatic carbocycles. The quantitative estimate of drug-likeness (QED) is 0.108. The fraction of sp³-hybridized carbons (Fsp3) is 0.636. The van der Waals surface area contributed by atoms with Crippen molar-refractivity contribution in [3.63, 3.8) is 0 Å². The maximum atomic E-state index is 10.9. The van der Waals surface area contributed by atoms with E-state index in [-0.39, 0.29) is 16.7 Å². The first-order chi connectivity index (χ1) is 12.7. The molecule has 5 heteroatoms. The third-order valence-electron chi connectivity index (χ3n) is 4.60. The predicted octanol–water partition coefficient (Wildman–Crippen LogP) is 7.57. The van der Waals surface area contributed by atoms with Gasteiger partial charge in [-0.3, -0.25) is 10.1 Å². The van der Waals surface area contributed by atoms with E-state index < -0.39 is 8.32 Å². The first-order valence-corrected chi connectivity index (χ1v) is 13.7. The first-order valence-electron chi connectivity index (χ1n) is 10.3. The van der Waals surface area contributed by atoms with Gasteiger partial charge in [0, 0.05) is 12.1 Å². The smallest absolute Gasteiger partial charge is 0.269 e. The summed E-state index contributed by atoms with van der Waals surface area (Å²) in [5.41, 5.74) is 2.16.